The molecule has 0 saturated carbocycles. The highest BCUT2D eigenvalue weighted by atomic mass is 35.5. The summed E-state index contributed by atoms with van der Waals surface area (Å²) in [6.07, 6.45) is 3.38. The number of hydrogen-bond donors (Lipinski definition) is 0. The Hall–Kier alpha value is -2.44. The average molecular weight is 460 g/mol. The van der Waals surface area contributed by atoms with Crippen LogP contribution in [0, 0.1) is 0 Å². The molecule has 4 nitrogen and oxygen atoms in total. The summed E-state index contributed by atoms with van der Waals surface area (Å²) < 4.78 is 1.71. The molecule has 0 aliphatic carbocycles. The zero-order chi connectivity index (χ0) is 20.2. The lowest BCUT2D eigenvalue weighted by molar-refractivity contribution is 0.854. The molecule has 144 valence electrons. The number of pyridine rings is 1. The summed E-state index contributed by atoms with van der Waals surface area (Å²) in [5.74, 6) is 0. The van der Waals surface area contributed by atoms with Crippen LogP contribution >= 0.6 is 46.1 Å². The number of para-hydroxylation sites is 1. The van der Waals surface area contributed by atoms with E-state index in [-0.39, 0.29) is 0 Å². The normalized spacial score (nSPS) is 12.0. The third-order valence-electron chi connectivity index (χ3n) is 3.95. The lowest BCUT2D eigenvalue weighted by Gasteiger charge is -2.06. The molecule has 0 amide bonds. The van der Waals surface area contributed by atoms with E-state index in [2.05, 4.69) is 10.1 Å². The molecule has 0 fully saturated rings. The zero-order valence-corrected chi connectivity index (χ0v) is 17.9. The minimum atomic E-state index is 0.559. The predicted molar refractivity (Wildman–Crippen MR) is 122 cm³/mol. The van der Waals surface area contributed by atoms with E-state index >= 15 is 0 Å². The third-order valence-corrected chi connectivity index (χ3v) is 5.65. The maximum atomic E-state index is 6.43. The van der Waals surface area contributed by atoms with E-state index in [0.717, 1.165) is 17.0 Å². The van der Waals surface area contributed by atoms with Crippen molar-refractivity contribution in [2.24, 2.45) is 10.1 Å². The number of halogens is 3. The minimum Gasteiger partial charge on any atom is -0.255 e. The van der Waals surface area contributed by atoms with Crippen LogP contribution in [-0.2, 0) is 0 Å². The van der Waals surface area contributed by atoms with Gasteiger partial charge in [-0.1, -0.05) is 53.0 Å². The van der Waals surface area contributed by atoms with Crippen molar-refractivity contribution in [2.75, 3.05) is 0 Å². The van der Waals surface area contributed by atoms with Crippen LogP contribution in [0.15, 0.2) is 82.3 Å². The van der Waals surface area contributed by atoms with E-state index < -0.39 is 0 Å². The molecule has 0 aliphatic heterocycles. The molecule has 0 saturated heterocycles. The van der Waals surface area contributed by atoms with Gasteiger partial charge in [0.1, 0.15) is 0 Å². The van der Waals surface area contributed by atoms with Gasteiger partial charge in [0.2, 0.25) is 4.80 Å². The van der Waals surface area contributed by atoms with Gasteiger partial charge in [-0.25, -0.2) is 9.67 Å². The van der Waals surface area contributed by atoms with Gasteiger partial charge in [-0.05, 0) is 42.5 Å². The van der Waals surface area contributed by atoms with Gasteiger partial charge in [0, 0.05) is 22.2 Å². The van der Waals surface area contributed by atoms with E-state index in [1.165, 1.54) is 11.3 Å². The summed E-state index contributed by atoms with van der Waals surface area (Å²) in [7, 11) is 0. The van der Waals surface area contributed by atoms with Crippen LogP contribution in [0.3, 0.4) is 0 Å². The van der Waals surface area contributed by atoms with Crippen molar-refractivity contribution in [3.63, 3.8) is 0 Å². The molecular weight excluding hydrogens is 447 g/mol. The van der Waals surface area contributed by atoms with E-state index in [1.807, 2.05) is 41.8 Å². The number of thiazole rings is 1. The van der Waals surface area contributed by atoms with Gasteiger partial charge in [0.15, 0.2) is 0 Å². The Balaban J connectivity index is 1.91. The van der Waals surface area contributed by atoms with E-state index in [4.69, 9.17) is 39.8 Å². The van der Waals surface area contributed by atoms with Crippen molar-refractivity contribution >= 4 is 58.0 Å². The van der Waals surface area contributed by atoms with Crippen molar-refractivity contribution in [3.8, 4) is 11.3 Å². The second-order valence-electron chi connectivity index (χ2n) is 5.90. The first-order chi connectivity index (χ1) is 14.1. The third kappa shape index (κ3) is 4.60. The zero-order valence-electron chi connectivity index (χ0n) is 14.8. The van der Waals surface area contributed by atoms with Crippen LogP contribution in [0.25, 0.3) is 11.3 Å². The fourth-order valence-corrected chi connectivity index (χ4v) is 3.99. The number of hydrogen-bond acceptors (Lipinski definition) is 4. The summed E-state index contributed by atoms with van der Waals surface area (Å²) in [6.45, 7) is 0. The molecule has 2 aromatic heterocycles. The maximum Gasteiger partial charge on any atom is 0.211 e. The Morgan fingerprint density at radius 2 is 1.76 bits per heavy atom. The van der Waals surface area contributed by atoms with E-state index in [0.29, 0.717) is 25.6 Å². The van der Waals surface area contributed by atoms with Crippen molar-refractivity contribution in [1.82, 2.24) is 9.66 Å². The summed E-state index contributed by atoms with van der Waals surface area (Å²) in [4.78, 5) is 9.61. The Bertz CT molecular complexity index is 1250. The molecule has 29 heavy (non-hydrogen) atoms. The van der Waals surface area contributed by atoms with Crippen LogP contribution in [-0.4, -0.2) is 15.9 Å². The lowest BCUT2D eigenvalue weighted by Crippen LogP contribution is -2.12. The molecule has 4 aromatic rings. The molecule has 0 unspecified atom stereocenters. The van der Waals surface area contributed by atoms with Gasteiger partial charge in [0.05, 0.1) is 33.3 Å². The molecule has 0 atom stereocenters. The Labute approximate surface area is 186 Å². The molecule has 0 bridgehead atoms. The van der Waals surface area contributed by atoms with Gasteiger partial charge < -0.3 is 0 Å². The van der Waals surface area contributed by atoms with E-state index in [1.54, 1.807) is 41.4 Å². The molecule has 2 aromatic carbocycles. The number of nitrogens with zero attached hydrogens (tertiary/aromatic N) is 4. The molecular formula is C21H13Cl3N4S. The van der Waals surface area contributed by atoms with Crippen molar-refractivity contribution in [2.45, 2.75) is 0 Å². The average Bonchev–Trinajstić information content (AvgIpc) is 3.13. The van der Waals surface area contributed by atoms with Gasteiger partial charge in [-0.2, -0.15) is 5.10 Å². The van der Waals surface area contributed by atoms with E-state index in [9.17, 15) is 0 Å². The van der Waals surface area contributed by atoms with Crippen molar-refractivity contribution in [1.29, 1.82) is 0 Å². The van der Waals surface area contributed by atoms with Gasteiger partial charge in [-0.15, -0.1) is 11.3 Å². The van der Waals surface area contributed by atoms with Gasteiger partial charge in [0.25, 0.3) is 0 Å². The van der Waals surface area contributed by atoms with Crippen LogP contribution in [0.1, 0.15) is 5.69 Å². The first-order valence-corrected chi connectivity index (χ1v) is 10.5. The first-order valence-electron chi connectivity index (χ1n) is 8.52. The smallest absolute Gasteiger partial charge is 0.211 e. The highest BCUT2D eigenvalue weighted by Crippen LogP contribution is 2.31. The molecule has 0 aliphatic rings. The Morgan fingerprint density at radius 1 is 0.931 bits per heavy atom. The second-order valence-corrected chi connectivity index (χ2v) is 7.99. The minimum absolute atomic E-state index is 0.559. The molecule has 0 N–H and O–H groups in total. The Morgan fingerprint density at radius 3 is 2.55 bits per heavy atom. The van der Waals surface area contributed by atoms with Crippen LogP contribution in [0.2, 0.25) is 15.1 Å². The van der Waals surface area contributed by atoms with Crippen molar-refractivity contribution < 1.29 is 0 Å². The fourth-order valence-electron chi connectivity index (χ4n) is 2.58. The highest BCUT2D eigenvalue weighted by molar-refractivity contribution is 7.07. The van der Waals surface area contributed by atoms with Crippen molar-refractivity contribution in [3.05, 3.63) is 97.8 Å². The molecule has 0 radical (unpaired) electrons. The second kappa shape index (κ2) is 8.93. The quantitative estimate of drug-likeness (QED) is 0.314. The molecule has 0 spiro atoms. The number of rotatable bonds is 4. The van der Waals surface area contributed by atoms with Crippen LogP contribution in [0.4, 0.5) is 5.69 Å². The fraction of sp³-hybridized carbons (Fsp3) is 0. The Kier molecular flexibility index (Phi) is 6.11. The lowest BCUT2D eigenvalue weighted by atomic mass is 10.2. The predicted octanol–water partition coefficient (Wildman–Crippen LogP) is 6.69. The highest BCUT2D eigenvalue weighted by Gasteiger charge is 2.12. The summed E-state index contributed by atoms with van der Waals surface area (Å²) in [5.41, 5.74) is 2.90. The maximum absolute atomic E-state index is 6.43. The monoisotopic (exact) mass is 458 g/mol. The summed E-state index contributed by atoms with van der Waals surface area (Å²) in [6, 6.07) is 18.3. The number of benzene rings is 2. The van der Waals surface area contributed by atoms with Crippen LogP contribution in [0.5, 0.6) is 0 Å². The number of aromatic nitrogens is 2. The standard InChI is InChI=1S/C21H13Cl3N4S/c22-14-8-9-17(23)16(11-14)20-13-29-21(27-19-7-2-1-6-18(19)24)28(20)26-12-15-5-3-4-10-25-15/h1-13H. The summed E-state index contributed by atoms with van der Waals surface area (Å²) in [5, 5.41) is 8.25. The summed E-state index contributed by atoms with van der Waals surface area (Å²) >= 11 is 20.3. The van der Waals surface area contributed by atoms with Gasteiger partial charge in [-0.3, -0.25) is 4.98 Å². The SMILES string of the molecule is Clc1ccc(Cl)c(-c2csc(=Nc3ccccc3Cl)n2N=Cc2ccccn2)c1. The molecule has 8 heteroatoms. The first kappa shape index (κ1) is 19.9. The largest absolute Gasteiger partial charge is 0.255 e. The van der Waals surface area contributed by atoms with Gasteiger partial charge >= 0.3 is 0 Å². The topological polar surface area (TPSA) is 42.5 Å². The van der Waals surface area contributed by atoms with Crippen LogP contribution < -0.4 is 4.80 Å². The molecule has 4 rings (SSSR count). The molecule has 2 heterocycles.